The molecule has 0 amide bonds. The molecule has 2 aliphatic rings. The highest BCUT2D eigenvalue weighted by Gasteiger charge is 2.24. The molecule has 1 fully saturated rings. The third-order valence-corrected chi connectivity index (χ3v) is 4.48. The standard InChI is InChI=1S/C14H24N4/c1-2-12-3-4-15-13(9-12)10-17-7-8-18-6-5-16-14(18)11-17/h5-6,12-13,15H,2-4,7-11H2,1H3. The molecule has 4 heteroatoms. The molecule has 0 bridgehead atoms. The monoisotopic (exact) mass is 248 g/mol. The fourth-order valence-electron chi connectivity index (χ4n) is 3.30. The normalized spacial score (nSPS) is 29.2. The largest absolute Gasteiger partial charge is 0.333 e. The maximum atomic E-state index is 4.43. The van der Waals surface area contributed by atoms with Crippen molar-refractivity contribution >= 4 is 0 Å². The van der Waals surface area contributed by atoms with Gasteiger partial charge < -0.3 is 9.88 Å². The van der Waals surface area contributed by atoms with Crippen molar-refractivity contribution < 1.29 is 0 Å². The number of fused-ring (bicyclic) bond motifs is 1. The Hall–Kier alpha value is -0.870. The molecule has 2 atom stereocenters. The van der Waals surface area contributed by atoms with Crippen molar-refractivity contribution in [3.8, 4) is 0 Å². The van der Waals surface area contributed by atoms with Gasteiger partial charge in [0.15, 0.2) is 0 Å². The van der Waals surface area contributed by atoms with Crippen LogP contribution in [-0.2, 0) is 13.1 Å². The van der Waals surface area contributed by atoms with E-state index in [1.54, 1.807) is 0 Å². The van der Waals surface area contributed by atoms with E-state index >= 15 is 0 Å². The van der Waals surface area contributed by atoms with Gasteiger partial charge in [0, 0.05) is 38.1 Å². The van der Waals surface area contributed by atoms with Crippen LogP contribution >= 0.6 is 0 Å². The smallest absolute Gasteiger partial charge is 0.122 e. The Kier molecular flexibility index (Phi) is 3.66. The van der Waals surface area contributed by atoms with Gasteiger partial charge >= 0.3 is 0 Å². The van der Waals surface area contributed by atoms with Gasteiger partial charge in [-0.25, -0.2) is 4.98 Å². The number of aromatic nitrogens is 2. The van der Waals surface area contributed by atoms with Gasteiger partial charge in [0.05, 0.1) is 6.54 Å². The van der Waals surface area contributed by atoms with Crippen molar-refractivity contribution in [3.05, 3.63) is 18.2 Å². The van der Waals surface area contributed by atoms with Crippen LogP contribution in [0.5, 0.6) is 0 Å². The Bertz CT molecular complexity index is 387. The number of rotatable bonds is 3. The lowest BCUT2D eigenvalue weighted by Crippen LogP contribution is -2.47. The highest BCUT2D eigenvalue weighted by molar-refractivity contribution is 4.96. The molecule has 1 aromatic heterocycles. The lowest BCUT2D eigenvalue weighted by molar-refractivity contribution is 0.168. The average molecular weight is 248 g/mol. The molecule has 18 heavy (non-hydrogen) atoms. The van der Waals surface area contributed by atoms with Gasteiger partial charge in [0.25, 0.3) is 0 Å². The molecule has 3 rings (SSSR count). The third kappa shape index (κ3) is 2.59. The summed E-state index contributed by atoms with van der Waals surface area (Å²) in [5.74, 6) is 2.16. The van der Waals surface area contributed by atoms with E-state index in [0.29, 0.717) is 6.04 Å². The molecular formula is C14H24N4. The summed E-state index contributed by atoms with van der Waals surface area (Å²) < 4.78 is 2.28. The maximum absolute atomic E-state index is 4.43. The third-order valence-electron chi connectivity index (χ3n) is 4.48. The zero-order chi connectivity index (χ0) is 12.4. The number of imidazole rings is 1. The van der Waals surface area contributed by atoms with Gasteiger partial charge in [-0.05, 0) is 25.3 Å². The summed E-state index contributed by atoms with van der Waals surface area (Å²) in [6, 6.07) is 0.685. The Balaban J connectivity index is 1.54. The lowest BCUT2D eigenvalue weighted by Gasteiger charge is -2.35. The SMILES string of the molecule is CCC1CCNC(CN2CCn3ccnc3C2)C1. The van der Waals surface area contributed by atoms with E-state index in [9.17, 15) is 0 Å². The summed E-state index contributed by atoms with van der Waals surface area (Å²) >= 11 is 0. The molecule has 0 spiro atoms. The van der Waals surface area contributed by atoms with Crippen molar-refractivity contribution in [1.29, 1.82) is 0 Å². The summed E-state index contributed by atoms with van der Waals surface area (Å²) in [5.41, 5.74) is 0. The van der Waals surface area contributed by atoms with Gasteiger partial charge in [-0.3, -0.25) is 4.90 Å². The molecule has 0 aromatic carbocycles. The lowest BCUT2D eigenvalue weighted by atomic mass is 9.90. The van der Waals surface area contributed by atoms with Gasteiger partial charge in [0.1, 0.15) is 5.82 Å². The van der Waals surface area contributed by atoms with Crippen LogP contribution in [0.1, 0.15) is 32.0 Å². The van der Waals surface area contributed by atoms with Crippen LogP contribution in [0, 0.1) is 5.92 Å². The van der Waals surface area contributed by atoms with Crippen LogP contribution in [-0.4, -0.2) is 40.1 Å². The zero-order valence-corrected chi connectivity index (χ0v) is 11.3. The first-order chi connectivity index (χ1) is 8.85. The van der Waals surface area contributed by atoms with Crippen LogP contribution in [0.25, 0.3) is 0 Å². The van der Waals surface area contributed by atoms with Crippen molar-refractivity contribution in [2.45, 2.75) is 45.3 Å². The predicted octanol–water partition coefficient (Wildman–Crippen LogP) is 1.48. The first-order valence-corrected chi connectivity index (χ1v) is 7.31. The summed E-state index contributed by atoms with van der Waals surface area (Å²) in [5, 5.41) is 3.68. The fourth-order valence-corrected chi connectivity index (χ4v) is 3.30. The molecule has 2 unspecified atom stereocenters. The van der Waals surface area contributed by atoms with E-state index in [1.807, 2.05) is 6.20 Å². The van der Waals surface area contributed by atoms with Gasteiger partial charge in [-0.2, -0.15) is 0 Å². The van der Waals surface area contributed by atoms with Gasteiger partial charge in [0.2, 0.25) is 0 Å². The van der Waals surface area contributed by atoms with Crippen molar-refractivity contribution in [1.82, 2.24) is 19.8 Å². The van der Waals surface area contributed by atoms with E-state index in [1.165, 1.54) is 44.7 Å². The number of hydrogen-bond donors (Lipinski definition) is 1. The Morgan fingerprint density at radius 1 is 1.44 bits per heavy atom. The van der Waals surface area contributed by atoms with E-state index in [2.05, 4.69) is 32.9 Å². The van der Waals surface area contributed by atoms with E-state index < -0.39 is 0 Å². The molecule has 0 radical (unpaired) electrons. The van der Waals surface area contributed by atoms with Crippen LogP contribution in [0.15, 0.2) is 12.4 Å². The molecule has 1 aromatic rings. The molecule has 1 saturated heterocycles. The minimum Gasteiger partial charge on any atom is -0.333 e. The highest BCUT2D eigenvalue weighted by Crippen LogP contribution is 2.21. The van der Waals surface area contributed by atoms with Gasteiger partial charge in [-0.1, -0.05) is 13.3 Å². The summed E-state index contributed by atoms with van der Waals surface area (Å²) in [6.07, 6.45) is 8.06. The Morgan fingerprint density at radius 3 is 3.28 bits per heavy atom. The zero-order valence-electron chi connectivity index (χ0n) is 11.3. The quantitative estimate of drug-likeness (QED) is 0.879. The molecule has 2 aliphatic heterocycles. The first-order valence-electron chi connectivity index (χ1n) is 7.31. The second-order valence-corrected chi connectivity index (χ2v) is 5.72. The summed E-state index contributed by atoms with van der Waals surface area (Å²) in [4.78, 5) is 6.99. The molecule has 100 valence electrons. The number of nitrogens with one attached hydrogen (secondary N) is 1. The first kappa shape index (κ1) is 12.2. The molecular weight excluding hydrogens is 224 g/mol. The van der Waals surface area contributed by atoms with Crippen LogP contribution in [0.4, 0.5) is 0 Å². The average Bonchev–Trinajstić information content (AvgIpc) is 2.86. The Labute approximate surface area is 109 Å². The van der Waals surface area contributed by atoms with E-state index in [0.717, 1.165) is 19.0 Å². The molecule has 0 saturated carbocycles. The summed E-state index contributed by atoms with van der Waals surface area (Å²) in [6.45, 7) is 7.99. The minimum absolute atomic E-state index is 0.685. The van der Waals surface area contributed by atoms with E-state index in [4.69, 9.17) is 0 Å². The predicted molar refractivity (Wildman–Crippen MR) is 72.3 cm³/mol. The number of nitrogens with zero attached hydrogens (tertiary/aromatic N) is 3. The minimum atomic E-state index is 0.685. The molecule has 3 heterocycles. The molecule has 4 nitrogen and oxygen atoms in total. The Morgan fingerprint density at radius 2 is 2.39 bits per heavy atom. The number of hydrogen-bond acceptors (Lipinski definition) is 3. The van der Waals surface area contributed by atoms with Crippen molar-refractivity contribution in [3.63, 3.8) is 0 Å². The second-order valence-electron chi connectivity index (χ2n) is 5.72. The van der Waals surface area contributed by atoms with Crippen molar-refractivity contribution in [2.24, 2.45) is 5.92 Å². The maximum Gasteiger partial charge on any atom is 0.122 e. The van der Waals surface area contributed by atoms with E-state index in [-0.39, 0.29) is 0 Å². The molecule has 1 N–H and O–H groups in total. The van der Waals surface area contributed by atoms with Crippen molar-refractivity contribution in [2.75, 3.05) is 19.6 Å². The number of piperidine rings is 1. The second kappa shape index (κ2) is 5.41. The highest BCUT2D eigenvalue weighted by atomic mass is 15.2. The molecule has 0 aliphatic carbocycles. The van der Waals surface area contributed by atoms with Crippen LogP contribution < -0.4 is 5.32 Å². The van der Waals surface area contributed by atoms with Crippen LogP contribution in [0.2, 0.25) is 0 Å². The van der Waals surface area contributed by atoms with Crippen LogP contribution in [0.3, 0.4) is 0 Å². The van der Waals surface area contributed by atoms with Gasteiger partial charge in [-0.15, -0.1) is 0 Å². The summed E-state index contributed by atoms with van der Waals surface area (Å²) in [7, 11) is 0. The topological polar surface area (TPSA) is 33.1 Å². The fraction of sp³-hybridized carbons (Fsp3) is 0.786.